The lowest BCUT2D eigenvalue weighted by molar-refractivity contribution is 0.0943. The molecule has 1 aromatic carbocycles. The Morgan fingerprint density at radius 3 is 2.65 bits per heavy atom. The summed E-state index contributed by atoms with van der Waals surface area (Å²) >= 11 is 1.43. The molecule has 1 aliphatic rings. The first-order valence-corrected chi connectivity index (χ1v) is 11.5. The van der Waals surface area contributed by atoms with Crippen LogP contribution < -0.4 is 16.1 Å². The molecule has 0 bridgehead atoms. The maximum atomic E-state index is 13.1. The highest BCUT2D eigenvalue weighted by molar-refractivity contribution is 7.17. The van der Waals surface area contributed by atoms with Crippen LogP contribution in [0.5, 0.6) is 0 Å². The second-order valence-corrected chi connectivity index (χ2v) is 9.11. The van der Waals surface area contributed by atoms with Crippen LogP contribution in [-0.4, -0.2) is 27.6 Å². The van der Waals surface area contributed by atoms with Gasteiger partial charge in [-0.2, -0.15) is 5.10 Å². The summed E-state index contributed by atoms with van der Waals surface area (Å²) in [7, 11) is 0. The zero-order chi connectivity index (χ0) is 22.1. The minimum Gasteiger partial charge on any atom is -0.350 e. The summed E-state index contributed by atoms with van der Waals surface area (Å²) in [5.74, 6) is -0.780. The highest BCUT2D eigenvalue weighted by Gasteiger charge is 2.28. The van der Waals surface area contributed by atoms with Gasteiger partial charge in [0.25, 0.3) is 11.8 Å². The van der Waals surface area contributed by atoms with Crippen molar-refractivity contribution in [1.29, 1.82) is 0 Å². The van der Waals surface area contributed by atoms with Gasteiger partial charge in [0, 0.05) is 22.8 Å². The van der Waals surface area contributed by atoms with Gasteiger partial charge in [-0.15, -0.1) is 11.3 Å². The zero-order valence-electron chi connectivity index (χ0n) is 17.9. The number of nitrogens with zero attached hydrogens (tertiary/aromatic N) is 2. The van der Waals surface area contributed by atoms with Crippen LogP contribution in [0.3, 0.4) is 0 Å². The Kier molecular flexibility index (Phi) is 5.91. The molecule has 2 aromatic heterocycles. The number of anilines is 1. The Balaban J connectivity index is 1.76. The van der Waals surface area contributed by atoms with Gasteiger partial charge in [0.1, 0.15) is 5.00 Å². The minimum absolute atomic E-state index is 0.0193. The fourth-order valence-electron chi connectivity index (χ4n) is 4.02. The standard InChI is InChI=1S/C23H26N4O3S/c1-4-27-16-11-7-5-9-14(16)20(28)19(26-27)22(30)25-23-18(21(29)24-13(2)3)15-10-6-8-12-17(15)31-23/h5,7,9,11,13H,4,6,8,10,12H2,1-3H3,(H,24,29)(H,25,30). The van der Waals surface area contributed by atoms with Crippen molar-refractivity contribution in [2.75, 3.05) is 5.32 Å². The number of thiophene rings is 1. The molecular formula is C23H26N4O3S. The van der Waals surface area contributed by atoms with Gasteiger partial charge in [-0.1, -0.05) is 12.1 Å². The van der Waals surface area contributed by atoms with E-state index in [0.717, 1.165) is 36.1 Å². The molecule has 0 atom stereocenters. The topological polar surface area (TPSA) is 93.1 Å². The molecule has 162 valence electrons. The van der Waals surface area contributed by atoms with Gasteiger partial charge in [0.05, 0.1) is 11.1 Å². The van der Waals surface area contributed by atoms with Crippen LogP contribution in [-0.2, 0) is 19.4 Å². The van der Waals surface area contributed by atoms with E-state index in [2.05, 4.69) is 15.7 Å². The maximum Gasteiger partial charge on any atom is 0.280 e. The monoisotopic (exact) mass is 438 g/mol. The van der Waals surface area contributed by atoms with Gasteiger partial charge in [0.2, 0.25) is 5.43 Å². The normalized spacial score (nSPS) is 13.3. The Bertz CT molecular complexity index is 1230. The van der Waals surface area contributed by atoms with E-state index in [9.17, 15) is 14.4 Å². The van der Waals surface area contributed by atoms with Crippen LogP contribution in [0.2, 0.25) is 0 Å². The molecule has 0 radical (unpaired) electrons. The molecule has 2 amide bonds. The Morgan fingerprint density at radius 1 is 1.16 bits per heavy atom. The van der Waals surface area contributed by atoms with Gasteiger partial charge in [-0.05, 0) is 64.2 Å². The van der Waals surface area contributed by atoms with E-state index in [-0.39, 0.29) is 17.6 Å². The number of fused-ring (bicyclic) bond motifs is 2. The highest BCUT2D eigenvalue weighted by Crippen LogP contribution is 2.38. The van der Waals surface area contributed by atoms with Crippen LogP contribution in [0.15, 0.2) is 29.1 Å². The second-order valence-electron chi connectivity index (χ2n) is 8.01. The fraction of sp³-hybridized carbons (Fsp3) is 0.391. The van der Waals surface area contributed by atoms with Crippen molar-refractivity contribution in [3.8, 4) is 0 Å². The summed E-state index contributed by atoms with van der Waals surface area (Å²) in [5, 5.41) is 11.0. The summed E-state index contributed by atoms with van der Waals surface area (Å²) in [6.45, 7) is 6.24. The molecule has 4 rings (SSSR count). The van der Waals surface area contributed by atoms with Crippen molar-refractivity contribution in [3.63, 3.8) is 0 Å². The number of aryl methyl sites for hydroxylation is 2. The van der Waals surface area contributed by atoms with Crippen LogP contribution in [0, 0.1) is 0 Å². The Hall–Kier alpha value is -3.00. The summed E-state index contributed by atoms with van der Waals surface area (Å²) in [6, 6.07) is 7.11. The number of amides is 2. The Morgan fingerprint density at radius 2 is 1.90 bits per heavy atom. The molecule has 0 aliphatic heterocycles. The van der Waals surface area contributed by atoms with Gasteiger partial charge in [-0.3, -0.25) is 19.1 Å². The third-order valence-electron chi connectivity index (χ3n) is 5.42. The van der Waals surface area contributed by atoms with Crippen LogP contribution in [0.4, 0.5) is 5.00 Å². The van der Waals surface area contributed by atoms with Crippen LogP contribution >= 0.6 is 11.3 Å². The van der Waals surface area contributed by atoms with Gasteiger partial charge in [0.15, 0.2) is 5.69 Å². The van der Waals surface area contributed by atoms with E-state index in [0.29, 0.717) is 28.0 Å². The number of carbonyl (C=O) groups is 2. The predicted octanol–water partition coefficient (Wildman–Crippen LogP) is 3.75. The number of carbonyl (C=O) groups excluding carboxylic acids is 2. The van der Waals surface area contributed by atoms with Gasteiger partial charge >= 0.3 is 0 Å². The van der Waals surface area contributed by atoms with E-state index in [1.807, 2.05) is 32.9 Å². The van der Waals surface area contributed by atoms with Crippen molar-refractivity contribution in [2.24, 2.45) is 0 Å². The summed E-state index contributed by atoms with van der Waals surface area (Å²) < 4.78 is 1.65. The molecule has 7 nitrogen and oxygen atoms in total. The van der Waals surface area contributed by atoms with E-state index in [1.54, 1.807) is 16.8 Å². The first-order valence-electron chi connectivity index (χ1n) is 10.7. The third-order valence-corrected chi connectivity index (χ3v) is 6.63. The SMILES string of the molecule is CCn1nc(C(=O)Nc2sc3c(c2C(=O)NC(C)C)CCCC3)c(=O)c2ccccc21. The smallest absolute Gasteiger partial charge is 0.280 e. The first kappa shape index (κ1) is 21.2. The fourth-order valence-corrected chi connectivity index (χ4v) is 5.30. The van der Waals surface area contributed by atoms with Crippen molar-refractivity contribution in [2.45, 2.75) is 59.0 Å². The first-order chi connectivity index (χ1) is 14.9. The third kappa shape index (κ3) is 3.99. The molecule has 3 aromatic rings. The number of rotatable bonds is 5. The van der Waals surface area contributed by atoms with E-state index in [4.69, 9.17) is 0 Å². The van der Waals surface area contributed by atoms with Crippen molar-refractivity contribution in [3.05, 3.63) is 56.2 Å². The lowest BCUT2D eigenvalue weighted by Gasteiger charge is -2.14. The number of benzene rings is 1. The van der Waals surface area contributed by atoms with Crippen molar-refractivity contribution < 1.29 is 9.59 Å². The van der Waals surface area contributed by atoms with Crippen molar-refractivity contribution >= 4 is 39.1 Å². The number of nitrogens with one attached hydrogen (secondary N) is 2. The molecule has 8 heteroatoms. The van der Waals surface area contributed by atoms with E-state index in [1.165, 1.54) is 11.3 Å². The Labute approximate surface area is 184 Å². The molecule has 0 unspecified atom stereocenters. The molecule has 0 spiro atoms. The lowest BCUT2D eigenvalue weighted by Crippen LogP contribution is -2.32. The van der Waals surface area contributed by atoms with Crippen LogP contribution in [0.1, 0.15) is 64.9 Å². The molecule has 0 saturated carbocycles. The molecule has 0 saturated heterocycles. The highest BCUT2D eigenvalue weighted by atomic mass is 32.1. The predicted molar refractivity (Wildman–Crippen MR) is 123 cm³/mol. The number of hydrogen-bond donors (Lipinski definition) is 2. The van der Waals surface area contributed by atoms with E-state index < -0.39 is 11.3 Å². The van der Waals surface area contributed by atoms with Gasteiger partial charge < -0.3 is 10.6 Å². The average molecular weight is 439 g/mol. The number of para-hydroxylation sites is 1. The minimum atomic E-state index is -0.588. The summed E-state index contributed by atoms with van der Waals surface area (Å²) in [5.41, 5.74) is 1.66. The molecule has 2 heterocycles. The second kappa shape index (κ2) is 8.63. The summed E-state index contributed by atoms with van der Waals surface area (Å²) in [6.07, 6.45) is 3.81. The number of hydrogen-bond acceptors (Lipinski definition) is 5. The quantitative estimate of drug-likeness (QED) is 0.635. The molecule has 0 fully saturated rings. The van der Waals surface area contributed by atoms with E-state index >= 15 is 0 Å². The molecule has 2 N–H and O–H groups in total. The summed E-state index contributed by atoms with van der Waals surface area (Å²) in [4.78, 5) is 40.2. The average Bonchev–Trinajstić information content (AvgIpc) is 3.11. The number of aromatic nitrogens is 2. The lowest BCUT2D eigenvalue weighted by atomic mass is 9.95. The van der Waals surface area contributed by atoms with Gasteiger partial charge in [-0.25, -0.2) is 0 Å². The van der Waals surface area contributed by atoms with Crippen LogP contribution in [0.25, 0.3) is 10.9 Å². The maximum absolute atomic E-state index is 13.1. The molecule has 31 heavy (non-hydrogen) atoms. The molecule has 1 aliphatic carbocycles. The zero-order valence-corrected chi connectivity index (χ0v) is 18.8. The van der Waals surface area contributed by atoms with Crippen molar-refractivity contribution in [1.82, 2.24) is 15.1 Å². The largest absolute Gasteiger partial charge is 0.350 e. The molecular weight excluding hydrogens is 412 g/mol.